The topological polar surface area (TPSA) is 21.3 Å². The zero-order valence-corrected chi connectivity index (χ0v) is 12.8. The van der Waals surface area contributed by atoms with Crippen molar-refractivity contribution in [3.05, 3.63) is 28.5 Å². The minimum Gasteiger partial charge on any atom is -0.488 e. The van der Waals surface area contributed by atoms with E-state index in [-0.39, 0.29) is 11.9 Å². The Morgan fingerprint density at radius 1 is 1.39 bits per heavy atom. The van der Waals surface area contributed by atoms with Gasteiger partial charge in [0.05, 0.1) is 4.47 Å². The highest BCUT2D eigenvalue weighted by molar-refractivity contribution is 9.10. The van der Waals surface area contributed by atoms with Gasteiger partial charge in [-0.25, -0.2) is 4.39 Å². The van der Waals surface area contributed by atoms with E-state index in [0.29, 0.717) is 11.8 Å². The molecule has 0 spiro atoms. The highest BCUT2D eigenvalue weighted by Crippen LogP contribution is 2.26. The van der Waals surface area contributed by atoms with Gasteiger partial charge in [-0.1, -0.05) is 13.3 Å². The van der Waals surface area contributed by atoms with Gasteiger partial charge in [0.2, 0.25) is 0 Å². The monoisotopic (exact) mass is 317 g/mol. The number of nitrogens with one attached hydrogen (secondary N) is 1. The van der Waals surface area contributed by atoms with Crippen LogP contribution >= 0.6 is 15.9 Å². The first-order valence-corrected chi connectivity index (χ1v) is 7.17. The maximum absolute atomic E-state index is 13.1. The third-order valence-electron chi connectivity index (χ3n) is 2.70. The van der Waals surface area contributed by atoms with Gasteiger partial charge in [0.25, 0.3) is 0 Å². The van der Waals surface area contributed by atoms with E-state index in [9.17, 15) is 4.39 Å². The van der Waals surface area contributed by atoms with E-state index >= 15 is 0 Å². The Labute approximate surface area is 117 Å². The van der Waals surface area contributed by atoms with Crippen molar-refractivity contribution in [1.29, 1.82) is 0 Å². The number of hydrogen-bond donors (Lipinski definition) is 1. The second-order valence-corrected chi connectivity index (χ2v) is 5.46. The van der Waals surface area contributed by atoms with Crippen LogP contribution in [-0.2, 0) is 0 Å². The Kier molecular flexibility index (Phi) is 6.65. The molecule has 2 unspecified atom stereocenters. The smallest absolute Gasteiger partial charge is 0.136 e. The van der Waals surface area contributed by atoms with Crippen LogP contribution in [0, 0.1) is 5.82 Å². The fraction of sp³-hybridized carbons (Fsp3) is 0.571. The van der Waals surface area contributed by atoms with Gasteiger partial charge in [0, 0.05) is 18.7 Å². The molecule has 0 radical (unpaired) electrons. The van der Waals surface area contributed by atoms with Crippen molar-refractivity contribution >= 4 is 15.9 Å². The number of rotatable bonds is 7. The molecule has 2 atom stereocenters. The summed E-state index contributed by atoms with van der Waals surface area (Å²) in [6, 6.07) is 4.95. The van der Waals surface area contributed by atoms with Gasteiger partial charge in [-0.15, -0.1) is 0 Å². The number of hydrogen-bond acceptors (Lipinski definition) is 2. The first-order chi connectivity index (χ1) is 8.52. The lowest BCUT2D eigenvalue weighted by atomic mass is 10.2. The lowest BCUT2D eigenvalue weighted by Crippen LogP contribution is -2.35. The molecule has 0 saturated carbocycles. The van der Waals surface area contributed by atoms with Crippen LogP contribution in [0.3, 0.4) is 0 Å². The highest BCUT2D eigenvalue weighted by atomic mass is 79.9. The molecule has 1 rings (SSSR count). The molecule has 0 bridgehead atoms. The van der Waals surface area contributed by atoms with Crippen molar-refractivity contribution in [2.75, 3.05) is 6.54 Å². The van der Waals surface area contributed by atoms with E-state index in [4.69, 9.17) is 4.74 Å². The van der Waals surface area contributed by atoms with Crippen LogP contribution < -0.4 is 10.1 Å². The fourth-order valence-electron chi connectivity index (χ4n) is 1.73. The molecular weight excluding hydrogens is 297 g/mol. The average molecular weight is 318 g/mol. The van der Waals surface area contributed by atoms with Crippen molar-refractivity contribution in [1.82, 2.24) is 5.32 Å². The van der Waals surface area contributed by atoms with Crippen molar-refractivity contribution in [2.24, 2.45) is 0 Å². The summed E-state index contributed by atoms with van der Waals surface area (Å²) in [4.78, 5) is 0. The summed E-state index contributed by atoms with van der Waals surface area (Å²) in [5.74, 6) is 0.264. The number of halogens is 2. The predicted molar refractivity (Wildman–Crippen MR) is 76.6 cm³/mol. The van der Waals surface area contributed by atoms with Gasteiger partial charge in [0.1, 0.15) is 17.7 Å². The molecule has 0 amide bonds. The minimum atomic E-state index is -0.285. The number of ether oxygens (including phenoxy) is 1. The second kappa shape index (κ2) is 7.74. The normalized spacial score (nSPS) is 14.3. The fourth-order valence-corrected chi connectivity index (χ4v) is 2.07. The lowest BCUT2D eigenvalue weighted by molar-refractivity contribution is 0.209. The molecule has 1 aromatic carbocycles. The van der Waals surface area contributed by atoms with Gasteiger partial charge in [-0.2, -0.15) is 0 Å². The standard InChI is InChI=1S/C14H21BrFNO/c1-4-5-10(2)17-9-11(3)18-14-8-12(16)6-7-13(14)15/h6-8,10-11,17H,4-5,9H2,1-3H3. The molecule has 0 fully saturated rings. The van der Waals surface area contributed by atoms with Crippen LogP contribution in [0.5, 0.6) is 5.75 Å². The Morgan fingerprint density at radius 3 is 2.78 bits per heavy atom. The van der Waals surface area contributed by atoms with E-state index in [1.54, 1.807) is 6.07 Å². The van der Waals surface area contributed by atoms with Crippen molar-refractivity contribution < 1.29 is 9.13 Å². The molecule has 102 valence electrons. The summed E-state index contributed by atoms with van der Waals surface area (Å²) >= 11 is 3.35. The van der Waals surface area contributed by atoms with Crippen molar-refractivity contribution in [3.63, 3.8) is 0 Å². The Bertz CT molecular complexity index is 373. The van der Waals surface area contributed by atoms with Gasteiger partial charge in [-0.05, 0) is 48.3 Å². The van der Waals surface area contributed by atoms with Crippen LogP contribution in [-0.4, -0.2) is 18.7 Å². The molecular formula is C14H21BrFNO. The molecule has 0 aliphatic heterocycles. The molecule has 2 nitrogen and oxygen atoms in total. The Morgan fingerprint density at radius 2 is 2.11 bits per heavy atom. The third-order valence-corrected chi connectivity index (χ3v) is 3.35. The predicted octanol–water partition coefficient (Wildman–Crippen LogP) is 4.13. The lowest BCUT2D eigenvalue weighted by Gasteiger charge is -2.19. The molecule has 0 aromatic heterocycles. The van der Waals surface area contributed by atoms with Gasteiger partial charge < -0.3 is 10.1 Å². The Hall–Kier alpha value is -0.610. The van der Waals surface area contributed by atoms with Gasteiger partial charge in [0.15, 0.2) is 0 Å². The van der Waals surface area contributed by atoms with Crippen LogP contribution in [0.4, 0.5) is 4.39 Å². The summed E-state index contributed by atoms with van der Waals surface area (Å²) in [6.45, 7) is 7.06. The maximum Gasteiger partial charge on any atom is 0.136 e. The van der Waals surface area contributed by atoms with E-state index < -0.39 is 0 Å². The second-order valence-electron chi connectivity index (χ2n) is 4.60. The summed E-state index contributed by atoms with van der Waals surface area (Å²) in [6.07, 6.45) is 2.32. The van der Waals surface area contributed by atoms with Crippen molar-refractivity contribution in [3.8, 4) is 5.75 Å². The van der Waals surface area contributed by atoms with Crippen LogP contribution in [0.15, 0.2) is 22.7 Å². The average Bonchev–Trinajstić information content (AvgIpc) is 2.32. The zero-order valence-electron chi connectivity index (χ0n) is 11.2. The van der Waals surface area contributed by atoms with Gasteiger partial charge >= 0.3 is 0 Å². The molecule has 1 N–H and O–H groups in total. The van der Waals surface area contributed by atoms with Crippen LogP contribution in [0.25, 0.3) is 0 Å². The summed E-state index contributed by atoms with van der Waals surface area (Å²) in [5.41, 5.74) is 0. The minimum absolute atomic E-state index is 0.00223. The van der Waals surface area contributed by atoms with Crippen LogP contribution in [0.1, 0.15) is 33.6 Å². The molecule has 4 heteroatoms. The van der Waals surface area contributed by atoms with E-state index in [1.807, 2.05) is 6.92 Å². The zero-order chi connectivity index (χ0) is 13.5. The van der Waals surface area contributed by atoms with Crippen molar-refractivity contribution in [2.45, 2.75) is 45.8 Å². The summed E-state index contributed by atoms with van der Waals surface area (Å²) in [7, 11) is 0. The van der Waals surface area contributed by atoms with E-state index in [2.05, 4.69) is 35.1 Å². The maximum atomic E-state index is 13.1. The molecule has 1 aromatic rings. The quantitative estimate of drug-likeness (QED) is 0.816. The summed E-state index contributed by atoms with van der Waals surface area (Å²) in [5, 5.41) is 3.40. The van der Waals surface area contributed by atoms with Crippen LogP contribution in [0.2, 0.25) is 0 Å². The number of benzene rings is 1. The first kappa shape index (κ1) is 15.4. The molecule has 0 aliphatic carbocycles. The summed E-state index contributed by atoms with van der Waals surface area (Å²) < 4.78 is 19.6. The molecule has 0 aliphatic rings. The first-order valence-electron chi connectivity index (χ1n) is 6.38. The largest absolute Gasteiger partial charge is 0.488 e. The third kappa shape index (κ3) is 5.36. The SMILES string of the molecule is CCCC(C)NCC(C)Oc1cc(F)ccc1Br. The highest BCUT2D eigenvalue weighted by Gasteiger charge is 2.09. The molecule has 18 heavy (non-hydrogen) atoms. The van der Waals surface area contributed by atoms with E-state index in [1.165, 1.54) is 18.6 Å². The van der Waals surface area contributed by atoms with Gasteiger partial charge in [-0.3, -0.25) is 0 Å². The Balaban J connectivity index is 2.44. The molecule has 0 saturated heterocycles. The van der Waals surface area contributed by atoms with E-state index in [0.717, 1.165) is 17.4 Å². The molecule has 0 heterocycles.